The molecule has 21 heavy (non-hydrogen) atoms. The standard InChI is InChI=1S/C16H15BrO4/c1-10-3-4-11(16(18)19)8-15(10)21-9-12-7-13(17)5-6-14(12)20-2/h3-8H,9H2,1-2H3,(H,18,19). The number of hydrogen-bond donors (Lipinski definition) is 1. The molecule has 0 unspecified atom stereocenters. The van der Waals surface area contributed by atoms with Crippen molar-refractivity contribution < 1.29 is 19.4 Å². The molecule has 4 nitrogen and oxygen atoms in total. The predicted octanol–water partition coefficient (Wildman–Crippen LogP) is 4.04. The van der Waals surface area contributed by atoms with Gasteiger partial charge >= 0.3 is 5.97 Å². The summed E-state index contributed by atoms with van der Waals surface area (Å²) in [6.07, 6.45) is 0. The molecule has 2 rings (SSSR count). The van der Waals surface area contributed by atoms with Crippen molar-refractivity contribution in [2.24, 2.45) is 0 Å². The Morgan fingerprint density at radius 1 is 1.19 bits per heavy atom. The highest BCUT2D eigenvalue weighted by Gasteiger charge is 2.09. The molecular weight excluding hydrogens is 336 g/mol. The average molecular weight is 351 g/mol. The number of aryl methyl sites for hydroxylation is 1. The molecule has 0 saturated heterocycles. The van der Waals surface area contributed by atoms with Gasteiger partial charge in [-0.2, -0.15) is 0 Å². The maximum atomic E-state index is 11.0. The quantitative estimate of drug-likeness (QED) is 0.883. The van der Waals surface area contributed by atoms with E-state index in [4.69, 9.17) is 14.6 Å². The van der Waals surface area contributed by atoms with Crippen molar-refractivity contribution in [3.05, 3.63) is 57.6 Å². The molecule has 1 N–H and O–H groups in total. The van der Waals surface area contributed by atoms with Crippen molar-refractivity contribution in [3.63, 3.8) is 0 Å². The fraction of sp³-hybridized carbons (Fsp3) is 0.188. The number of carboxylic acid groups (broad SMARTS) is 1. The summed E-state index contributed by atoms with van der Waals surface area (Å²) in [4.78, 5) is 11.0. The highest BCUT2D eigenvalue weighted by Crippen LogP contribution is 2.26. The van der Waals surface area contributed by atoms with Gasteiger partial charge in [0, 0.05) is 10.0 Å². The van der Waals surface area contributed by atoms with Crippen LogP contribution in [0.2, 0.25) is 0 Å². The molecule has 0 aliphatic carbocycles. The van der Waals surface area contributed by atoms with E-state index < -0.39 is 5.97 Å². The Balaban J connectivity index is 2.22. The van der Waals surface area contributed by atoms with Crippen LogP contribution in [0.3, 0.4) is 0 Å². The first-order valence-corrected chi connectivity index (χ1v) is 7.09. The summed E-state index contributed by atoms with van der Waals surface area (Å²) in [5, 5.41) is 9.02. The van der Waals surface area contributed by atoms with Crippen molar-refractivity contribution in [2.45, 2.75) is 13.5 Å². The Bertz CT molecular complexity index is 667. The molecule has 0 amide bonds. The summed E-state index contributed by atoms with van der Waals surface area (Å²) in [5.74, 6) is 0.307. The first-order valence-electron chi connectivity index (χ1n) is 6.30. The third-order valence-corrected chi connectivity index (χ3v) is 3.55. The minimum Gasteiger partial charge on any atom is -0.496 e. The van der Waals surface area contributed by atoms with Gasteiger partial charge in [0.25, 0.3) is 0 Å². The van der Waals surface area contributed by atoms with E-state index in [9.17, 15) is 4.79 Å². The maximum Gasteiger partial charge on any atom is 0.335 e. The van der Waals surface area contributed by atoms with Crippen molar-refractivity contribution in [1.29, 1.82) is 0 Å². The molecule has 0 atom stereocenters. The third kappa shape index (κ3) is 3.76. The number of carbonyl (C=O) groups is 1. The zero-order chi connectivity index (χ0) is 15.4. The normalized spacial score (nSPS) is 10.2. The molecule has 0 aliphatic rings. The van der Waals surface area contributed by atoms with Gasteiger partial charge < -0.3 is 14.6 Å². The minimum atomic E-state index is -0.972. The molecule has 5 heteroatoms. The Morgan fingerprint density at radius 3 is 2.62 bits per heavy atom. The van der Waals surface area contributed by atoms with Crippen LogP contribution in [0, 0.1) is 6.92 Å². The van der Waals surface area contributed by atoms with Crippen LogP contribution in [0.1, 0.15) is 21.5 Å². The van der Waals surface area contributed by atoms with Crippen LogP contribution < -0.4 is 9.47 Å². The SMILES string of the molecule is COc1ccc(Br)cc1COc1cc(C(=O)O)ccc1C. The van der Waals surface area contributed by atoms with Crippen molar-refractivity contribution in [2.75, 3.05) is 7.11 Å². The third-order valence-electron chi connectivity index (χ3n) is 3.06. The lowest BCUT2D eigenvalue weighted by Crippen LogP contribution is -2.02. The molecule has 0 aromatic heterocycles. The van der Waals surface area contributed by atoms with Gasteiger partial charge in [-0.1, -0.05) is 22.0 Å². The summed E-state index contributed by atoms with van der Waals surface area (Å²) in [6.45, 7) is 2.17. The molecular formula is C16H15BrO4. The highest BCUT2D eigenvalue weighted by molar-refractivity contribution is 9.10. The predicted molar refractivity (Wildman–Crippen MR) is 83.2 cm³/mol. The Morgan fingerprint density at radius 2 is 1.95 bits per heavy atom. The minimum absolute atomic E-state index is 0.205. The molecule has 0 aliphatic heterocycles. The van der Waals surface area contributed by atoms with E-state index in [2.05, 4.69) is 15.9 Å². The molecule has 0 saturated carbocycles. The number of carboxylic acids is 1. The number of methoxy groups -OCH3 is 1. The second-order valence-electron chi connectivity index (χ2n) is 4.53. The lowest BCUT2D eigenvalue weighted by Gasteiger charge is -2.13. The molecule has 2 aromatic carbocycles. The fourth-order valence-electron chi connectivity index (χ4n) is 1.90. The molecule has 0 heterocycles. The summed E-state index contributed by atoms with van der Waals surface area (Å²) in [7, 11) is 1.60. The monoisotopic (exact) mass is 350 g/mol. The molecule has 2 aromatic rings. The smallest absolute Gasteiger partial charge is 0.335 e. The van der Waals surface area contributed by atoms with Crippen LogP contribution >= 0.6 is 15.9 Å². The van der Waals surface area contributed by atoms with Gasteiger partial charge in [0.2, 0.25) is 0 Å². The van der Waals surface area contributed by atoms with E-state index >= 15 is 0 Å². The summed E-state index contributed by atoms with van der Waals surface area (Å²) in [6, 6.07) is 10.5. The molecule has 0 spiro atoms. The lowest BCUT2D eigenvalue weighted by atomic mass is 10.1. The Labute approximate surface area is 131 Å². The average Bonchev–Trinajstić information content (AvgIpc) is 2.46. The van der Waals surface area contributed by atoms with E-state index in [0.717, 1.165) is 21.3 Å². The van der Waals surface area contributed by atoms with E-state index in [-0.39, 0.29) is 5.56 Å². The summed E-state index contributed by atoms with van der Waals surface area (Å²) < 4.78 is 12.0. The highest BCUT2D eigenvalue weighted by atomic mass is 79.9. The van der Waals surface area contributed by atoms with Crippen molar-refractivity contribution in [1.82, 2.24) is 0 Å². The van der Waals surface area contributed by atoms with Gasteiger partial charge in [0.15, 0.2) is 0 Å². The van der Waals surface area contributed by atoms with Crippen LogP contribution in [0.5, 0.6) is 11.5 Å². The topological polar surface area (TPSA) is 55.8 Å². The van der Waals surface area contributed by atoms with Crippen LogP contribution in [-0.2, 0) is 6.61 Å². The van der Waals surface area contributed by atoms with Crippen LogP contribution in [0.25, 0.3) is 0 Å². The Hall–Kier alpha value is -2.01. The van der Waals surface area contributed by atoms with E-state index in [0.29, 0.717) is 12.4 Å². The van der Waals surface area contributed by atoms with Gasteiger partial charge in [-0.15, -0.1) is 0 Å². The van der Waals surface area contributed by atoms with Crippen LogP contribution in [-0.4, -0.2) is 18.2 Å². The number of ether oxygens (including phenoxy) is 2. The largest absolute Gasteiger partial charge is 0.496 e. The fourth-order valence-corrected chi connectivity index (χ4v) is 2.31. The maximum absolute atomic E-state index is 11.0. The van der Waals surface area contributed by atoms with E-state index in [1.54, 1.807) is 19.2 Å². The van der Waals surface area contributed by atoms with Gasteiger partial charge in [-0.3, -0.25) is 0 Å². The summed E-state index contributed by atoms with van der Waals surface area (Å²) in [5.41, 5.74) is 1.97. The first kappa shape index (κ1) is 15.4. The van der Waals surface area contributed by atoms with Crippen molar-refractivity contribution in [3.8, 4) is 11.5 Å². The van der Waals surface area contributed by atoms with Gasteiger partial charge in [0.05, 0.1) is 12.7 Å². The van der Waals surface area contributed by atoms with Gasteiger partial charge in [0.1, 0.15) is 18.1 Å². The zero-order valence-electron chi connectivity index (χ0n) is 11.7. The number of hydrogen-bond acceptors (Lipinski definition) is 3. The zero-order valence-corrected chi connectivity index (χ0v) is 13.3. The van der Waals surface area contributed by atoms with E-state index in [1.165, 1.54) is 6.07 Å². The molecule has 0 radical (unpaired) electrons. The Kier molecular flexibility index (Phi) is 4.85. The second kappa shape index (κ2) is 6.63. The van der Waals surface area contributed by atoms with Gasteiger partial charge in [-0.05, 0) is 42.8 Å². The number of rotatable bonds is 5. The summed E-state index contributed by atoms with van der Waals surface area (Å²) >= 11 is 3.41. The lowest BCUT2D eigenvalue weighted by molar-refractivity contribution is 0.0696. The molecule has 0 fully saturated rings. The number of aromatic carboxylic acids is 1. The van der Waals surface area contributed by atoms with Crippen LogP contribution in [0.4, 0.5) is 0 Å². The van der Waals surface area contributed by atoms with Crippen LogP contribution in [0.15, 0.2) is 40.9 Å². The molecule has 110 valence electrons. The van der Waals surface area contributed by atoms with Gasteiger partial charge in [-0.25, -0.2) is 4.79 Å². The number of benzene rings is 2. The van der Waals surface area contributed by atoms with E-state index in [1.807, 2.05) is 25.1 Å². The first-order chi connectivity index (χ1) is 10.0. The molecule has 0 bridgehead atoms. The van der Waals surface area contributed by atoms with Crippen molar-refractivity contribution >= 4 is 21.9 Å². The second-order valence-corrected chi connectivity index (χ2v) is 5.45. The number of halogens is 1.